The van der Waals surface area contributed by atoms with Crippen LogP contribution in [-0.2, 0) is 30.4 Å². The molecule has 4 amide bonds. The number of aromatic nitrogens is 1. The second-order valence-corrected chi connectivity index (χ2v) is 9.19. The van der Waals surface area contributed by atoms with E-state index in [1.54, 1.807) is 20.0 Å². The maximum Gasteiger partial charge on any atom is 0.326 e. The number of aliphatic carboxylic acids is 1. The SMILES string of the molecule is CC(C)C(NC(=O)C(Cc1c[nH]c2ccccc12)NC(=O)C(N)C(C)O)C(=O)NC(CC(N)=O)C(=O)O. The maximum absolute atomic E-state index is 13.3. The highest BCUT2D eigenvalue weighted by molar-refractivity contribution is 5.95. The summed E-state index contributed by atoms with van der Waals surface area (Å²) in [5.41, 5.74) is 12.3. The number of aliphatic hydroxyl groups is 1. The molecule has 0 saturated carbocycles. The number of rotatable bonds is 13. The number of para-hydroxylation sites is 1. The zero-order valence-electron chi connectivity index (χ0n) is 20.9. The Morgan fingerprint density at radius 3 is 2.14 bits per heavy atom. The standard InChI is InChI=1S/C24H34N6O7/c1-11(2)20(23(35)29-17(24(36)37)9-18(25)32)30-21(33)16(28-22(34)19(26)12(3)31)8-13-10-27-15-7-5-4-6-14(13)15/h4-7,10-12,16-17,19-20,27,31H,8-9,26H2,1-3H3,(H2,25,32)(H,28,34)(H,29,35)(H,30,33)(H,36,37). The molecule has 1 heterocycles. The highest BCUT2D eigenvalue weighted by Crippen LogP contribution is 2.19. The number of carbonyl (C=O) groups excluding carboxylic acids is 4. The number of aliphatic hydroxyl groups excluding tert-OH is 1. The van der Waals surface area contributed by atoms with Gasteiger partial charge in [0.1, 0.15) is 24.2 Å². The number of nitrogens with one attached hydrogen (secondary N) is 4. The van der Waals surface area contributed by atoms with Crippen molar-refractivity contribution in [1.82, 2.24) is 20.9 Å². The fraction of sp³-hybridized carbons (Fsp3) is 0.458. The number of hydrogen-bond donors (Lipinski definition) is 8. The molecule has 5 atom stereocenters. The van der Waals surface area contributed by atoms with Crippen molar-refractivity contribution in [2.45, 2.75) is 63.9 Å². The summed E-state index contributed by atoms with van der Waals surface area (Å²) in [6, 6.07) is 2.09. The van der Waals surface area contributed by atoms with Crippen molar-refractivity contribution in [3.05, 3.63) is 36.0 Å². The van der Waals surface area contributed by atoms with Crippen molar-refractivity contribution in [2.24, 2.45) is 17.4 Å². The van der Waals surface area contributed by atoms with E-state index in [9.17, 15) is 34.2 Å². The van der Waals surface area contributed by atoms with Gasteiger partial charge >= 0.3 is 5.97 Å². The normalized spacial score (nSPS) is 15.3. The van der Waals surface area contributed by atoms with Gasteiger partial charge in [-0.05, 0) is 24.5 Å². The molecule has 0 aliphatic heterocycles. The molecule has 0 fully saturated rings. The van der Waals surface area contributed by atoms with E-state index in [1.807, 2.05) is 24.3 Å². The molecule has 0 bridgehead atoms. The van der Waals surface area contributed by atoms with Crippen LogP contribution in [0.25, 0.3) is 10.9 Å². The van der Waals surface area contributed by atoms with Crippen molar-refractivity contribution < 1.29 is 34.2 Å². The largest absolute Gasteiger partial charge is 0.480 e. The Balaban J connectivity index is 2.29. The molecule has 0 spiro atoms. The molecule has 0 aliphatic carbocycles. The van der Waals surface area contributed by atoms with Crippen molar-refractivity contribution >= 4 is 40.5 Å². The van der Waals surface area contributed by atoms with Gasteiger partial charge in [-0.3, -0.25) is 19.2 Å². The third-order valence-corrected chi connectivity index (χ3v) is 5.82. The zero-order chi connectivity index (χ0) is 27.9. The Morgan fingerprint density at radius 2 is 1.57 bits per heavy atom. The molecule has 202 valence electrons. The first-order chi connectivity index (χ1) is 17.3. The molecule has 1 aromatic heterocycles. The molecule has 2 aromatic rings. The number of H-pyrrole nitrogens is 1. The molecular formula is C24H34N6O7. The number of aromatic amines is 1. The highest BCUT2D eigenvalue weighted by Gasteiger charge is 2.33. The molecule has 1 aromatic carbocycles. The van der Waals surface area contributed by atoms with E-state index in [0.717, 1.165) is 10.9 Å². The number of primary amides is 1. The predicted molar refractivity (Wildman–Crippen MR) is 134 cm³/mol. The van der Waals surface area contributed by atoms with Gasteiger partial charge < -0.3 is 42.6 Å². The fourth-order valence-corrected chi connectivity index (χ4v) is 3.67. The fourth-order valence-electron chi connectivity index (χ4n) is 3.67. The van der Waals surface area contributed by atoms with E-state index < -0.39 is 72.2 Å². The summed E-state index contributed by atoms with van der Waals surface area (Å²) in [5.74, 6) is -5.21. The molecular weight excluding hydrogens is 484 g/mol. The van der Waals surface area contributed by atoms with Crippen molar-refractivity contribution in [1.29, 1.82) is 0 Å². The Labute approximate surface area is 213 Å². The quantitative estimate of drug-likeness (QED) is 0.155. The lowest BCUT2D eigenvalue weighted by Crippen LogP contribution is -2.59. The molecule has 0 saturated heterocycles. The minimum atomic E-state index is -1.58. The number of benzene rings is 1. The number of amides is 4. The average molecular weight is 519 g/mol. The first kappa shape index (κ1) is 29.3. The van der Waals surface area contributed by atoms with Gasteiger partial charge in [0.25, 0.3) is 0 Å². The molecule has 0 aliphatic rings. The van der Waals surface area contributed by atoms with E-state index in [1.165, 1.54) is 6.92 Å². The molecule has 5 unspecified atom stereocenters. The minimum absolute atomic E-state index is 0.0278. The summed E-state index contributed by atoms with van der Waals surface area (Å²) in [4.78, 5) is 64.5. The lowest BCUT2D eigenvalue weighted by atomic mass is 9.99. The van der Waals surface area contributed by atoms with Gasteiger partial charge in [-0.15, -0.1) is 0 Å². The van der Waals surface area contributed by atoms with Crippen LogP contribution in [-0.4, -0.2) is 75.1 Å². The van der Waals surface area contributed by atoms with Gasteiger partial charge in [-0.1, -0.05) is 32.0 Å². The lowest BCUT2D eigenvalue weighted by molar-refractivity contribution is -0.144. The summed E-state index contributed by atoms with van der Waals surface area (Å²) in [7, 11) is 0. The molecule has 13 nitrogen and oxygen atoms in total. The van der Waals surface area contributed by atoms with Crippen LogP contribution in [0, 0.1) is 5.92 Å². The summed E-state index contributed by atoms with van der Waals surface area (Å²) in [6.45, 7) is 4.60. The summed E-state index contributed by atoms with van der Waals surface area (Å²) in [5, 5.41) is 27.1. The second kappa shape index (κ2) is 12.8. The molecule has 37 heavy (non-hydrogen) atoms. The Hall–Kier alpha value is -3.97. The molecule has 10 N–H and O–H groups in total. The number of fused-ring (bicyclic) bond motifs is 1. The van der Waals surface area contributed by atoms with Crippen LogP contribution in [0.5, 0.6) is 0 Å². The number of hydrogen-bond acceptors (Lipinski definition) is 7. The number of carbonyl (C=O) groups is 5. The van der Waals surface area contributed by atoms with Crippen LogP contribution in [0.3, 0.4) is 0 Å². The molecule has 2 rings (SSSR count). The van der Waals surface area contributed by atoms with Gasteiger partial charge in [0.2, 0.25) is 23.6 Å². The summed E-state index contributed by atoms with van der Waals surface area (Å²) in [6.07, 6.45) is -0.0835. The van der Waals surface area contributed by atoms with E-state index >= 15 is 0 Å². The van der Waals surface area contributed by atoms with Gasteiger partial charge in [-0.2, -0.15) is 0 Å². The van der Waals surface area contributed by atoms with Crippen LogP contribution >= 0.6 is 0 Å². The number of carboxylic acids is 1. The summed E-state index contributed by atoms with van der Waals surface area (Å²) >= 11 is 0. The maximum atomic E-state index is 13.3. The van der Waals surface area contributed by atoms with Crippen LogP contribution < -0.4 is 27.4 Å². The summed E-state index contributed by atoms with van der Waals surface area (Å²) < 4.78 is 0. The molecule has 13 heteroatoms. The van der Waals surface area contributed by atoms with E-state index in [-0.39, 0.29) is 6.42 Å². The van der Waals surface area contributed by atoms with Crippen LogP contribution in [0.4, 0.5) is 0 Å². The van der Waals surface area contributed by atoms with Gasteiger partial charge in [-0.25, -0.2) is 4.79 Å². The van der Waals surface area contributed by atoms with E-state index in [0.29, 0.717) is 5.56 Å². The lowest BCUT2D eigenvalue weighted by Gasteiger charge is -2.27. The first-order valence-corrected chi connectivity index (χ1v) is 11.7. The minimum Gasteiger partial charge on any atom is -0.480 e. The number of carboxylic acid groups (broad SMARTS) is 1. The Morgan fingerprint density at radius 1 is 0.946 bits per heavy atom. The third-order valence-electron chi connectivity index (χ3n) is 5.82. The van der Waals surface area contributed by atoms with Crippen molar-refractivity contribution in [2.75, 3.05) is 0 Å². The van der Waals surface area contributed by atoms with Gasteiger partial charge in [0.05, 0.1) is 12.5 Å². The molecule has 0 radical (unpaired) electrons. The van der Waals surface area contributed by atoms with Crippen molar-refractivity contribution in [3.8, 4) is 0 Å². The van der Waals surface area contributed by atoms with Gasteiger partial charge in [0.15, 0.2) is 0 Å². The Bertz CT molecular complexity index is 1150. The first-order valence-electron chi connectivity index (χ1n) is 11.7. The second-order valence-electron chi connectivity index (χ2n) is 9.19. The zero-order valence-corrected chi connectivity index (χ0v) is 20.9. The van der Waals surface area contributed by atoms with E-state index in [4.69, 9.17) is 11.5 Å². The predicted octanol–water partition coefficient (Wildman–Crippen LogP) is -1.51. The van der Waals surface area contributed by atoms with Crippen LogP contribution in [0.15, 0.2) is 30.5 Å². The third kappa shape index (κ3) is 8.02. The smallest absolute Gasteiger partial charge is 0.326 e. The van der Waals surface area contributed by atoms with Gasteiger partial charge in [0, 0.05) is 23.5 Å². The Kier molecular flexibility index (Phi) is 10.1. The monoisotopic (exact) mass is 518 g/mol. The highest BCUT2D eigenvalue weighted by atomic mass is 16.4. The average Bonchev–Trinajstić information content (AvgIpc) is 3.22. The van der Waals surface area contributed by atoms with Crippen LogP contribution in [0.2, 0.25) is 0 Å². The topological polar surface area (TPSA) is 230 Å². The van der Waals surface area contributed by atoms with Crippen LogP contribution in [0.1, 0.15) is 32.8 Å². The number of nitrogens with two attached hydrogens (primary N) is 2. The van der Waals surface area contributed by atoms with E-state index in [2.05, 4.69) is 20.9 Å². The van der Waals surface area contributed by atoms with Crippen molar-refractivity contribution in [3.63, 3.8) is 0 Å².